The minimum Gasteiger partial charge on any atom is -0.469 e. The standard InChI is InChI=1S/C5H10O3.C3H6O2/c1-3-7-5(6)8-4-2;1-3(4)5-2/h3-4H2,1-2H3;1-2H3. The number of ether oxygens (including phenoxy) is 3. The van der Waals surface area contributed by atoms with E-state index in [2.05, 4.69) is 14.2 Å². The molecule has 0 saturated carbocycles. The molecule has 0 rings (SSSR count). The Labute approximate surface area is 78.0 Å². The molecule has 0 N–H and O–H groups in total. The van der Waals surface area contributed by atoms with Gasteiger partial charge in [0.2, 0.25) is 0 Å². The zero-order chi connectivity index (χ0) is 10.7. The normalized spacial score (nSPS) is 7.69. The molecule has 0 aromatic carbocycles. The van der Waals surface area contributed by atoms with Gasteiger partial charge in [-0.25, -0.2) is 4.79 Å². The van der Waals surface area contributed by atoms with Crippen molar-refractivity contribution in [3.63, 3.8) is 0 Å². The molecule has 0 radical (unpaired) electrons. The number of hydrogen-bond donors (Lipinski definition) is 0. The summed E-state index contributed by atoms with van der Waals surface area (Å²) in [6.07, 6.45) is -0.588. The lowest BCUT2D eigenvalue weighted by Gasteiger charge is -1.98. The van der Waals surface area contributed by atoms with Gasteiger partial charge in [0.1, 0.15) is 0 Å². The molecule has 0 bridgehead atoms. The third-order valence-corrected chi connectivity index (χ3v) is 0.812. The van der Waals surface area contributed by atoms with Crippen molar-refractivity contribution < 1.29 is 23.8 Å². The predicted molar refractivity (Wildman–Crippen MR) is 46.3 cm³/mol. The zero-order valence-corrected chi connectivity index (χ0v) is 8.46. The molecule has 0 saturated heterocycles. The van der Waals surface area contributed by atoms with Crippen LogP contribution in [0, 0.1) is 0 Å². The predicted octanol–water partition coefficient (Wildman–Crippen LogP) is 1.36. The summed E-state index contributed by atoms with van der Waals surface area (Å²) in [5, 5.41) is 0. The van der Waals surface area contributed by atoms with Gasteiger partial charge in [-0.1, -0.05) is 0 Å². The van der Waals surface area contributed by atoms with Gasteiger partial charge in [0.15, 0.2) is 0 Å². The van der Waals surface area contributed by atoms with Crippen LogP contribution in [0.5, 0.6) is 0 Å². The number of rotatable bonds is 2. The fraction of sp³-hybridized carbons (Fsp3) is 0.750. The molecule has 5 nitrogen and oxygen atoms in total. The summed E-state index contributed by atoms with van der Waals surface area (Å²) >= 11 is 0. The van der Waals surface area contributed by atoms with Crippen LogP contribution in [0.15, 0.2) is 0 Å². The number of methoxy groups -OCH3 is 1. The van der Waals surface area contributed by atoms with Gasteiger partial charge < -0.3 is 14.2 Å². The summed E-state index contributed by atoms with van der Waals surface area (Å²) in [5.74, 6) is -0.245. The van der Waals surface area contributed by atoms with E-state index in [4.69, 9.17) is 0 Å². The van der Waals surface area contributed by atoms with Gasteiger partial charge in [-0.15, -0.1) is 0 Å². The van der Waals surface area contributed by atoms with Crippen molar-refractivity contribution in [2.75, 3.05) is 20.3 Å². The summed E-state index contributed by atoms with van der Waals surface area (Å²) in [6, 6.07) is 0. The van der Waals surface area contributed by atoms with Crippen LogP contribution < -0.4 is 0 Å². The van der Waals surface area contributed by atoms with Crippen molar-refractivity contribution in [1.29, 1.82) is 0 Å². The monoisotopic (exact) mass is 192 g/mol. The van der Waals surface area contributed by atoms with Gasteiger partial charge in [0, 0.05) is 6.92 Å². The highest BCUT2D eigenvalue weighted by Crippen LogP contribution is 1.81. The van der Waals surface area contributed by atoms with Crippen molar-refractivity contribution in [2.45, 2.75) is 20.8 Å². The van der Waals surface area contributed by atoms with Crippen molar-refractivity contribution in [1.82, 2.24) is 0 Å². The van der Waals surface area contributed by atoms with Gasteiger partial charge in [0.05, 0.1) is 20.3 Å². The lowest BCUT2D eigenvalue weighted by Crippen LogP contribution is -2.05. The lowest BCUT2D eigenvalue weighted by atomic mass is 10.8. The lowest BCUT2D eigenvalue weighted by molar-refractivity contribution is -0.137. The molecule has 0 fully saturated rings. The Balaban J connectivity index is 0. The summed E-state index contributed by atoms with van der Waals surface area (Å²) in [6.45, 7) is 5.57. The molecule has 78 valence electrons. The van der Waals surface area contributed by atoms with E-state index < -0.39 is 6.16 Å². The Morgan fingerprint density at radius 3 is 1.54 bits per heavy atom. The fourth-order valence-electron chi connectivity index (χ4n) is 0.277. The van der Waals surface area contributed by atoms with Crippen molar-refractivity contribution in [3.8, 4) is 0 Å². The number of carbonyl (C=O) groups is 2. The van der Waals surface area contributed by atoms with Gasteiger partial charge in [0.25, 0.3) is 0 Å². The van der Waals surface area contributed by atoms with E-state index in [0.717, 1.165) is 0 Å². The summed E-state index contributed by atoms with van der Waals surface area (Å²) in [4.78, 5) is 19.8. The third kappa shape index (κ3) is 18.1. The van der Waals surface area contributed by atoms with Crippen LogP contribution in [0.2, 0.25) is 0 Å². The Hall–Kier alpha value is -1.26. The van der Waals surface area contributed by atoms with E-state index in [0.29, 0.717) is 13.2 Å². The van der Waals surface area contributed by atoms with E-state index >= 15 is 0 Å². The minimum atomic E-state index is -0.588. The van der Waals surface area contributed by atoms with Gasteiger partial charge >= 0.3 is 12.1 Å². The maximum absolute atomic E-state index is 10.2. The first-order chi connectivity index (χ1) is 6.08. The zero-order valence-electron chi connectivity index (χ0n) is 8.46. The number of carbonyl (C=O) groups excluding carboxylic acids is 2. The Morgan fingerprint density at radius 2 is 1.38 bits per heavy atom. The molecule has 13 heavy (non-hydrogen) atoms. The minimum absolute atomic E-state index is 0.245. The van der Waals surface area contributed by atoms with Crippen LogP contribution in [-0.4, -0.2) is 32.4 Å². The van der Waals surface area contributed by atoms with E-state index in [1.807, 2.05) is 0 Å². The van der Waals surface area contributed by atoms with Gasteiger partial charge in [-0.2, -0.15) is 0 Å². The second kappa shape index (κ2) is 10.7. The van der Waals surface area contributed by atoms with Crippen LogP contribution >= 0.6 is 0 Å². The molecule has 0 aliphatic carbocycles. The Morgan fingerprint density at radius 1 is 1.08 bits per heavy atom. The van der Waals surface area contributed by atoms with Crippen LogP contribution in [0.1, 0.15) is 20.8 Å². The Bertz CT molecular complexity index is 135. The summed E-state index contributed by atoms with van der Waals surface area (Å²) in [5.41, 5.74) is 0. The quantitative estimate of drug-likeness (QED) is 0.618. The van der Waals surface area contributed by atoms with E-state index in [1.54, 1.807) is 13.8 Å². The maximum atomic E-state index is 10.2. The van der Waals surface area contributed by atoms with Crippen molar-refractivity contribution in [2.24, 2.45) is 0 Å². The fourth-order valence-corrected chi connectivity index (χ4v) is 0.277. The number of hydrogen-bond acceptors (Lipinski definition) is 5. The molecule has 0 spiro atoms. The number of esters is 1. The molecule has 0 aromatic rings. The average molecular weight is 192 g/mol. The summed E-state index contributed by atoms with van der Waals surface area (Å²) < 4.78 is 13.0. The second-order valence-corrected chi connectivity index (χ2v) is 1.81. The first kappa shape index (κ1) is 14.3. The molecular weight excluding hydrogens is 176 g/mol. The highest BCUT2D eigenvalue weighted by atomic mass is 16.7. The Kier molecular flexibility index (Phi) is 11.8. The molecule has 0 aromatic heterocycles. The smallest absolute Gasteiger partial charge is 0.469 e. The second-order valence-electron chi connectivity index (χ2n) is 1.81. The third-order valence-electron chi connectivity index (χ3n) is 0.812. The van der Waals surface area contributed by atoms with Crippen LogP contribution in [0.4, 0.5) is 4.79 Å². The highest BCUT2D eigenvalue weighted by Gasteiger charge is 1.96. The van der Waals surface area contributed by atoms with Crippen LogP contribution in [0.25, 0.3) is 0 Å². The molecule has 0 heterocycles. The van der Waals surface area contributed by atoms with Crippen LogP contribution in [-0.2, 0) is 19.0 Å². The molecule has 0 aliphatic rings. The van der Waals surface area contributed by atoms with E-state index in [9.17, 15) is 9.59 Å². The molecule has 0 atom stereocenters. The van der Waals surface area contributed by atoms with Crippen molar-refractivity contribution >= 4 is 12.1 Å². The first-order valence-corrected chi connectivity index (χ1v) is 3.92. The first-order valence-electron chi connectivity index (χ1n) is 3.92. The summed E-state index contributed by atoms with van der Waals surface area (Å²) in [7, 11) is 1.35. The highest BCUT2D eigenvalue weighted by molar-refractivity contribution is 5.65. The van der Waals surface area contributed by atoms with Gasteiger partial charge in [-0.3, -0.25) is 4.79 Å². The van der Waals surface area contributed by atoms with E-state index in [-0.39, 0.29) is 5.97 Å². The van der Waals surface area contributed by atoms with Crippen LogP contribution in [0.3, 0.4) is 0 Å². The molecule has 0 unspecified atom stereocenters. The average Bonchev–Trinajstić information content (AvgIpc) is 2.06. The molecule has 0 amide bonds. The molecule has 0 aliphatic heterocycles. The largest absolute Gasteiger partial charge is 0.508 e. The SMILES string of the molecule is CCOC(=O)OCC.COC(C)=O. The maximum Gasteiger partial charge on any atom is 0.508 e. The van der Waals surface area contributed by atoms with Crippen molar-refractivity contribution in [3.05, 3.63) is 0 Å². The van der Waals surface area contributed by atoms with Gasteiger partial charge in [-0.05, 0) is 13.8 Å². The van der Waals surface area contributed by atoms with E-state index in [1.165, 1.54) is 14.0 Å². The molecular formula is C8H16O5. The topological polar surface area (TPSA) is 61.8 Å². The molecule has 5 heteroatoms.